The van der Waals surface area contributed by atoms with E-state index in [1.807, 2.05) is 0 Å². The Bertz CT molecular complexity index is 474. The molecule has 0 unspecified atom stereocenters. The van der Waals surface area contributed by atoms with Crippen molar-refractivity contribution in [3.05, 3.63) is 23.7 Å². The minimum Gasteiger partial charge on any atom is -0.469 e. The minimum absolute atomic E-state index is 0.228. The molecule has 1 rings (SSSR count). The lowest BCUT2D eigenvalue weighted by molar-refractivity contribution is 0.0506. The summed E-state index contributed by atoms with van der Waals surface area (Å²) in [6.07, 6.45) is 0.964. The zero-order valence-corrected chi connectivity index (χ0v) is 12.6. The van der Waals surface area contributed by atoms with Gasteiger partial charge in [0.25, 0.3) is 5.91 Å². The van der Waals surface area contributed by atoms with Gasteiger partial charge in [-0.15, -0.1) is 0 Å². The molecule has 1 heterocycles. The van der Waals surface area contributed by atoms with Crippen LogP contribution in [0.25, 0.3) is 0 Å². The van der Waals surface area contributed by atoms with Crippen LogP contribution in [0.5, 0.6) is 0 Å². The summed E-state index contributed by atoms with van der Waals surface area (Å²) in [4.78, 5) is 23.4. The van der Waals surface area contributed by atoms with E-state index in [1.54, 1.807) is 40.7 Å². The standard InChI is InChI=1S/C14H22N2O4/c1-9(16-13(18)20-14(3,4)5)8-15-12(17)11-6-7-19-10(11)2/h6-7,9H,8H2,1-5H3,(H,15,17)(H,16,18)/t9-/m1/s1. The summed E-state index contributed by atoms with van der Waals surface area (Å²) < 4.78 is 10.2. The quantitative estimate of drug-likeness (QED) is 0.887. The van der Waals surface area contributed by atoms with Crippen molar-refractivity contribution in [2.24, 2.45) is 0 Å². The number of carbonyl (C=O) groups excluding carboxylic acids is 2. The van der Waals surface area contributed by atoms with E-state index < -0.39 is 11.7 Å². The van der Waals surface area contributed by atoms with Crippen molar-refractivity contribution in [2.45, 2.75) is 46.3 Å². The number of alkyl carbamates (subject to hydrolysis) is 1. The Morgan fingerprint density at radius 3 is 2.55 bits per heavy atom. The van der Waals surface area contributed by atoms with Crippen molar-refractivity contribution in [3.63, 3.8) is 0 Å². The molecule has 6 nitrogen and oxygen atoms in total. The van der Waals surface area contributed by atoms with Crippen molar-refractivity contribution in [3.8, 4) is 0 Å². The molecule has 0 saturated heterocycles. The van der Waals surface area contributed by atoms with Gasteiger partial charge in [-0.3, -0.25) is 4.79 Å². The van der Waals surface area contributed by atoms with Crippen LogP contribution in [0.1, 0.15) is 43.8 Å². The van der Waals surface area contributed by atoms with Gasteiger partial charge < -0.3 is 19.8 Å². The average molecular weight is 282 g/mol. The molecule has 2 N–H and O–H groups in total. The van der Waals surface area contributed by atoms with Gasteiger partial charge in [-0.25, -0.2) is 4.79 Å². The van der Waals surface area contributed by atoms with Crippen LogP contribution in [0.3, 0.4) is 0 Å². The molecule has 0 aromatic carbocycles. The van der Waals surface area contributed by atoms with Gasteiger partial charge in [-0.05, 0) is 40.7 Å². The van der Waals surface area contributed by atoms with Gasteiger partial charge in [0.2, 0.25) is 0 Å². The molecule has 0 fully saturated rings. The Labute approximate surface area is 118 Å². The van der Waals surface area contributed by atoms with Crippen LogP contribution in [0, 0.1) is 6.92 Å². The summed E-state index contributed by atoms with van der Waals surface area (Å²) in [6, 6.07) is 1.37. The molecule has 0 aliphatic heterocycles. The molecule has 0 saturated carbocycles. The van der Waals surface area contributed by atoms with Gasteiger partial charge in [0, 0.05) is 12.6 Å². The molecule has 1 atom stereocenters. The van der Waals surface area contributed by atoms with E-state index in [4.69, 9.17) is 9.15 Å². The molecule has 0 aliphatic rings. The second-order valence-electron chi connectivity index (χ2n) is 5.65. The fraction of sp³-hybridized carbons (Fsp3) is 0.571. The highest BCUT2D eigenvalue weighted by Crippen LogP contribution is 2.08. The van der Waals surface area contributed by atoms with Crippen molar-refractivity contribution >= 4 is 12.0 Å². The maximum Gasteiger partial charge on any atom is 0.407 e. The number of furan rings is 1. The Morgan fingerprint density at radius 1 is 1.40 bits per heavy atom. The van der Waals surface area contributed by atoms with Crippen molar-refractivity contribution in [1.82, 2.24) is 10.6 Å². The van der Waals surface area contributed by atoms with Gasteiger partial charge >= 0.3 is 6.09 Å². The third kappa shape index (κ3) is 5.34. The lowest BCUT2D eigenvalue weighted by Crippen LogP contribution is -2.43. The number of rotatable bonds is 4. The third-order valence-corrected chi connectivity index (χ3v) is 2.44. The van der Waals surface area contributed by atoms with Crippen molar-refractivity contribution in [1.29, 1.82) is 0 Å². The van der Waals surface area contributed by atoms with Crippen LogP contribution in [0.2, 0.25) is 0 Å². The first kappa shape index (κ1) is 16.1. The largest absolute Gasteiger partial charge is 0.469 e. The molecule has 0 radical (unpaired) electrons. The molecule has 112 valence electrons. The van der Waals surface area contributed by atoms with Crippen LogP contribution in [-0.4, -0.2) is 30.2 Å². The summed E-state index contributed by atoms with van der Waals surface area (Å²) in [5.74, 6) is 0.337. The first-order valence-electron chi connectivity index (χ1n) is 6.51. The maximum absolute atomic E-state index is 11.8. The molecular formula is C14H22N2O4. The zero-order valence-electron chi connectivity index (χ0n) is 12.6. The van der Waals surface area contributed by atoms with E-state index in [0.29, 0.717) is 17.9 Å². The zero-order chi connectivity index (χ0) is 15.3. The number of carbonyl (C=O) groups is 2. The summed E-state index contributed by atoms with van der Waals surface area (Å²) in [6.45, 7) is 9.19. The predicted molar refractivity (Wildman–Crippen MR) is 74.6 cm³/mol. The Kier molecular flexibility index (Phi) is 5.19. The number of ether oxygens (including phenoxy) is 1. The smallest absolute Gasteiger partial charge is 0.407 e. The predicted octanol–water partition coefficient (Wildman–Crippen LogP) is 2.23. The van der Waals surface area contributed by atoms with Crippen molar-refractivity contribution < 1.29 is 18.7 Å². The first-order chi connectivity index (χ1) is 9.19. The molecule has 2 amide bonds. The van der Waals surface area contributed by atoms with Gasteiger partial charge in [0.1, 0.15) is 11.4 Å². The van der Waals surface area contributed by atoms with Gasteiger partial charge in [0.05, 0.1) is 11.8 Å². The van der Waals surface area contributed by atoms with Crippen LogP contribution in [0.4, 0.5) is 4.79 Å². The van der Waals surface area contributed by atoms with Crippen LogP contribution < -0.4 is 10.6 Å². The van der Waals surface area contributed by atoms with Crippen LogP contribution >= 0.6 is 0 Å². The average Bonchev–Trinajstić information content (AvgIpc) is 2.69. The molecular weight excluding hydrogens is 260 g/mol. The summed E-state index contributed by atoms with van der Waals surface area (Å²) in [5.41, 5.74) is -0.0458. The maximum atomic E-state index is 11.8. The van der Waals surface area contributed by atoms with Gasteiger partial charge in [-0.2, -0.15) is 0 Å². The monoisotopic (exact) mass is 282 g/mol. The second kappa shape index (κ2) is 6.45. The highest BCUT2D eigenvalue weighted by Gasteiger charge is 2.18. The molecule has 0 spiro atoms. The Morgan fingerprint density at radius 2 is 2.05 bits per heavy atom. The van der Waals surface area contributed by atoms with E-state index in [0.717, 1.165) is 0 Å². The fourth-order valence-corrected chi connectivity index (χ4v) is 1.52. The van der Waals surface area contributed by atoms with E-state index in [9.17, 15) is 9.59 Å². The lowest BCUT2D eigenvalue weighted by Gasteiger charge is -2.22. The van der Waals surface area contributed by atoms with E-state index in [2.05, 4.69) is 10.6 Å². The topological polar surface area (TPSA) is 80.6 Å². The Balaban J connectivity index is 2.37. The van der Waals surface area contributed by atoms with Crippen molar-refractivity contribution in [2.75, 3.05) is 6.54 Å². The summed E-state index contributed by atoms with van der Waals surface area (Å²) in [7, 11) is 0. The van der Waals surface area contributed by atoms with Gasteiger partial charge in [-0.1, -0.05) is 0 Å². The SMILES string of the molecule is Cc1occc1C(=O)NC[C@@H](C)NC(=O)OC(C)(C)C. The number of nitrogens with one attached hydrogen (secondary N) is 2. The molecule has 1 aromatic rings. The van der Waals surface area contributed by atoms with Gasteiger partial charge in [0.15, 0.2) is 0 Å². The minimum atomic E-state index is -0.541. The summed E-state index contributed by atoms with van der Waals surface area (Å²) >= 11 is 0. The lowest BCUT2D eigenvalue weighted by atomic mass is 10.2. The number of aryl methyl sites for hydroxylation is 1. The summed E-state index contributed by atoms with van der Waals surface area (Å²) in [5, 5.41) is 5.38. The highest BCUT2D eigenvalue weighted by atomic mass is 16.6. The van der Waals surface area contributed by atoms with E-state index in [-0.39, 0.29) is 11.9 Å². The molecule has 0 bridgehead atoms. The number of hydrogen-bond donors (Lipinski definition) is 2. The third-order valence-electron chi connectivity index (χ3n) is 2.44. The normalized spacial score (nSPS) is 12.7. The first-order valence-corrected chi connectivity index (χ1v) is 6.51. The van der Waals surface area contributed by atoms with E-state index >= 15 is 0 Å². The second-order valence-corrected chi connectivity index (χ2v) is 5.65. The number of hydrogen-bond acceptors (Lipinski definition) is 4. The van der Waals surface area contributed by atoms with Crippen LogP contribution in [0.15, 0.2) is 16.7 Å². The Hall–Kier alpha value is -1.98. The highest BCUT2D eigenvalue weighted by molar-refractivity contribution is 5.95. The number of amides is 2. The van der Waals surface area contributed by atoms with E-state index in [1.165, 1.54) is 6.26 Å². The molecule has 20 heavy (non-hydrogen) atoms. The van der Waals surface area contributed by atoms with Crippen LogP contribution in [-0.2, 0) is 4.74 Å². The molecule has 6 heteroatoms. The molecule has 0 aliphatic carbocycles. The fourth-order valence-electron chi connectivity index (χ4n) is 1.52. The molecule has 1 aromatic heterocycles.